The smallest absolute Gasteiger partial charge is 0.263 e. The van der Waals surface area contributed by atoms with Crippen LogP contribution in [0.3, 0.4) is 0 Å². The molecule has 0 N–H and O–H groups in total. The van der Waals surface area contributed by atoms with Gasteiger partial charge in [0.25, 0.3) is 9.05 Å². The Morgan fingerprint density at radius 1 is 1.37 bits per heavy atom. The van der Waals surface area contributed by atoms with E-state index in [4.69, 9.17) is 10.7 Å². The van der Waals surface area contributed by atoms with Gasteiger partial charge in [0.1, 0.15) is 10.7 Å². The van der Waals surface area contributed by atoms with Gasteiger partial charge in [0, 0.05) is 34.3 Å². The first-order valence-electron chi connectivity index (χ1n) is 6.02. The number of rotatable bonds is 4. The van der Waals surface area contributed by atoms with Gasteiger partial charge in [-0.3, -0.25) is 0 Å². The molecule has 1 aromatic carbocycles. The molecule has 0 spiro atoms. The highest BCUT2D eigenvalue weighted by Gasteiger charge is 2.19. The Labute approximate surface area is 116 Å². The molecule has 0 atom stereocenters. The van der Waals surface area contributed by atoms with Crippen LogP contribution in [0.4, 0.5) is 4.39 Å². The first-order chi connectivity index (χ1) is 8.79. The van der Waals surface area contributed by atoms with Crippen LogP contribution in [0.25, 0.3) is 10.9 Å². The fraction of sp³-hybridized carbons (Fsp3) is 0.385. The van der Waals surface area contributed by atoms with E-state index in [0.717, 1.165) is 6.42 Å². The summed E-state index contributed by atoms with van der Waals surface area (Å²) in [5.41, 5.74) is 0.682. The van der Waals surface area contributed by atoms with Crippen LogP contribution >= 0.6 is 10.7 Å². The predicted octanol–water partition coefficient (Wildman–Crippen LogP) is 3.75. The van der Waals surface area contributed by atoms with Gasteiger partial charge in [0.2, 0.25) is 0 Å². The molecule has 0 fully saturated rings. The third-order valence-corrected chi connectivity index (χ3v) is 4.37. The molecule has 19 heavy (non-hydrogen) atoms. The number of halogens is 2. The maximum atomic E-state index is 13.3. The van der Waals surface area contributed by atoms with Crippen LogP contribution in [-0.2, 0) is 15.6 Å². The summed E-state index contributed by atoms with van der Waals surface area (Å²) >= 11 is 0. The lowest BCUT2D eigenvalue weighted by molar-refractivity contribution is 0.523. The highest BCUT2D eigenvalue weighted by atomic mass is 35.7. The van der Waals surface area contributed by atoms with Crippen molar-refractivity contribution < 1.29 is 12.8 Å². The van der Waals surface area contributed by atoms with Crippen LogP contribution in [0, 0.1) is 11.7 Å². The standard InChI is InChI=1S/C13H15ClFNO2S/c1-9(2)5-6-16-8-13(19(14,17)18)11-7-10(15)3-4-12(11)16/h3-4,7-9H,5-6H2,1-2H3. The molecule has 104 valence electrons. The molecule has 0 saturated carbocycles. The average Bonchev–Trinajstić information content (AvgIpc) is 2.64. The molecule has 0 bridgehead atoms. The second-order valence-corrected chi connectivity index (χ2v) is 7.50. The number of aromatic nitrogens is 1. The van der Waals surface area contributed by atoms with E-state index in [-0.39, 0.29) is 4.90 Å². The van der Waals surface area contributed by atoms with E-state index in [1.54, 1.807) is 6.07 Å². The molecule has 0 aliphatic heterocycles. The van der Waals surface area contributed by atoms with E-state index in [2.05, 4.69) is 13.8 Å². The minimum absolute atomic E-state index is 0.0348. The van der Waals surface area contributed by atoms with Crippen molar-refractivity contribution in [1.82, 2.24) is 4.57 Å². The number of fused-ring (bicyclic) bond motifs is 1. The van der Waals surface area contributed by atoms with Gasteiger partial charge in [-0.05, 0) is 30.5 Å². The van der Waals surface area contributed by atoms with Crippen molar-refractivity contribution >= 4 is 30.6 Å². The zero-order chi connectivity index (χ0) is 14.2. The van der Waals surface area contributed by atoms with Crippen LogP contribution in [0.15, 0.2) is 29.3 Å². The minimum Gasteiger partial charge on any atom is -0.346 e. The van der Waals surface area contributed by atoms with Gasteiger partial charge in [-0.2, -0.15) is 0 Å². The summed E-state index contributed by atoms with van der Waals surface area (Å²) in [5.74, 6) is 0.0182. The highest BCUT2D eigenvalue weighted by Crippen LogP contribution is 2.29. The zero-order valence-corrected chi connectivity index (χ0v) is 12.3. The molecule has 0 radical (unpaired) electrons. The van der Waals surface area contributed by atoms with E-state index in [9.17, 15) is 12.8 Å². The maximum absolute atomic E-state index is 13.3. The molecular formula is C13H15ClFNO2S. The van der Waals surface area contributed by atoms with Crippen molar-refractivity contribution in [3.8, 4) is 0 Å². The summed E-state index contributed by atoms with van der Waals surface area (Å²) in [7, 11) is 1.52. The Balaban J connectivity index is 2.60. The van der Waals surface area contributed by atoms with Crippen LogP contribution in [0.1, 0.15) is 20.3 Å². The fourth-order valence-corrected chi connectivity index (χ4v) is 3.06. The van der Waals surface area contributed by atoms with Crippen molar-refractivity contribution in [3.05, 3.63) is 30.2 Å². The van der Waals surface area contributed by atoms with E-state index in [1.165, 1.54) is 18.3 Å². The van der Waals surface area contributed by atoms with Crippen molar-refractivity contribution in [2.45, 2.75) is 31.7 Å². The van der Waals surface area contributed by atoms with E-state index < -0.39 is 14.9 Å². The summed E-state index contributed by atoms with van der Waals surface area (Å²) in [6.45, 7) is 4.85. The van der Waals surface area contributed by atoms with Gasteiger partial charge in [-0.1, -0.05) is 13.8 Å². The van der Waals surface area contributed by atoms with Gasteiger partial charge in [0.05, 0.1) is 0 Å². The summed E-state index contributed by atoms with van der Waals surface area (Å²) in [6.07, 6.45) is 2.39. The topological polar surface area (TPSA) is 39.1 Å². The largest absolute Gasteiger partial charge is 0.346 e. The number of hydrogen-bond donors (Lipinski definition) is 0. The van der Waals surface area contributed by atoms with Gasteiger partial charge in [-0.15, -0.1) is 0 Å². The van der Waals surface area contributed by atoms with E-state index in [0.29, 0.717) is 23.4 Å². The molecule has 0 amide bonds. The SMILES string of the molecule is CC(C)CCn1cc(S(=O)(=O)Cl)c2cc(F)ccc21. The quantitative estimate of drug-likeness (QED) is 0.807. The Kier molecular flexibility index (Phi) is 3.87. The van der Waals surface area contributed by atoms with Crippen molar-refractivity contribution in [1.29, 1.82) is 0 Å². The first kappa shape index (κ1) is 14.3. The van der Waals surface area contributed by atoms with Gasteiger partial charge in [-0.25, -0.2) is 12.8 Å². The van der Waals surface area contributed by atoms with Crippen molar-refractivity contribution in [3.63, 3.8) is 0 Å². The Morgan fingerprint density at radius 3 is 2.63 bits per heavy atom. The summed E-state index contributed by atoms with van der Waals surface area (Å²) in [5, 5.41) is 0.332. The summed E-state index contributed by atoms with van der Waals surface area (Å²) in [6, 6.07) is 4.10. The lowest BCUT2D eigenvalue weighted by atomic mass is 10.1. The molecular weight excluding hydrogens is 289 g/mol. The molecule has 1 aromatic heterocycles. The Morgan fingerprint density at radius 2 is 2.05 bits per heavy atom. The lowest BCUT2D eigenvalue weighted by Crippen LogP contribution is -2.00. The number of benzene rings is 1. The number of hydrogen-bond acceptors (Lipinski definition) is 2. The summed E-state index contributed by atoms with van der Waals surface area (Å²) < 4.78 is 38.2. The van der Waals surface area contributed by atoms with Gasteiger partial charge < -0.3 is 4.57 Å². The van der Waals surface area contributed by atoms with Crippen LogP contribution in [-0.4, -0.2) is 13.0 Å². The zero-order valence-electron chi connectivity index (χ0n) is 10.7. The van der Waals surface area contributed by atoms with Crippen LogP contribution in [0.5, 0.6) is 0 Å². The minimum atomic E-state index is -3.88. The molecule has 1 heterocycles. The van der Waals surface area contributed by atoms with Gasteiger partial charge in [0.15, 0.2) is 0 Å². The number of nitrogens with zero attached hydrogens (tertiary/aromatic N) is 1. The Hall–Kier alpha value is -1.07. The molecule has 2 rings (SSSR count). The molecule has 3 nitrogen and oxygen atoms in total. The normalized spacial score (nSPS) is 12.5. The van der Waals surface area contributed by atoms with Crippen molar-refractivity contribution in [2.75, 3.05) is 0 Å². The maximum Gasteiger partial charge on any atom is 0.263 e. The highest BCUT2D eigenvalue weighted by molar-refractivity contribution is 8.14. The van der Waals surface area contributed by atoms with Crippen LogP contribution < -0.4 is 0 Å². The predicted molar refractivity (Wildman–Crippen MR) is 74.4 cm³/mol. The monoisotopic (exact) mass is 303 g/mol. The number of aryl methyl sites for hydroxylation is 1. The molecule has 0 saturated heterocycles. The Bertz CT molecular complexity index is 707. The molecule has 2 aromatic rings. The van der Waals surface area contributed by atoms with Gasteiger partial charge >= 0.3 is 0 Å². The van der Waals surface area contributed by atoms with E-state index in [1.807, 2.05) is 4.57 Å². The third-order valence-electron chi connectivity index (χ3n) is 3.02. The lowest BCUT2D eigenvalue weighted by Gasteiger charge is -2.07. The van der Waals surface area contributed by atoms with Crippen molar-refractivity contribution in [2.24, 2.45) is 5.92 Å². The van der Waals surface area contributed by atoms with Crippen LogP contribution in [0.2, 0.25) is 0 Å². The second-order valence-electron chi connectivity index (χ2n) is 4.97. The summed E-state index contributed by atoms with van der Waals surface area (Å²) in [4.78, 5) is -0.0348. The molecule has 0 aliphatic carbocycles. The molecule has 6 heteroatoms. The molecule has 0 unspecified atom stereocenters. The van der Waals surface area contributed by atoms with E-state index >= 15 is 0 Å². The fourth-order valence-electron chi connectivity index (χ4n) is 2.01. The molecule has 0 aliphatic rings. The second kappa shape index (κ2) is 5.13. The first-order valence-corrected chi connectivity index (χ1v) is 8.33. The average molecular weight is 304 g/mol. The third kappa shape index (κ3) is 3.09.